The van der Waals surface area contributed by atoms with Crippen molar-refractivity contribution >= 4 is 16.9 Å². The molecule has 29 heavy (non-hydrogen) atoms. The van der Waals surface area contributed by atoms with Crippen LogP contribution in [0.4, 0.5) is 0 Å². The highest BCUT2D eigenvalue weighted by atomic mass is 16.5. The Morgan fingerprint density at radius 1 is 0.897 bits per heavy atom. The van der Waals surface area contributed by atoms with Crippen molar-refractivity contribution < 1.29 is 14.3 Å². The molecule has 144 valence electrons. The third-order valence-electron chi connectivity index (χ3n) is 4.29. The Morgan fingerprint density at radius 3 is 2.41 bits per heavy atom. The molecule has 3 aromatic carbocycles. The third kappa shape index (κ3) is 4.30. The summed E-state index contributed by atoms with van der Waals surface area (Å²) in [5.41, 5.74) is 1.42. The minimum atomic E-state index is -0.553. The van der Waals surface area contributed by atoms with Crippen LogP contribution in [0.1, 0.15) is 15.9 Å². The predicted octanol–water partition coefficient (Wildman–Crippen LogP) is 3.19. The number of benzene rings is 3. The second-order valence-electron chi connectivity index (χ2n) is 6.27. The van der Waals surface area contributed by atoms with Crippen LogP contribution in [-0.2, 0) is 18.1 Å². The molecule has 0 spiro atoms. The van der Waals surface area contributed by atoms with Crippen molar-refractivity contribution in [2.45, 2.75) is 13.3 Å². The van der Waals surface area contributed by atoms with E-state index in [9.17, 15) is 9.59 Å². The van der Waals surface area contributed by atoms with Crippen LogP contribution < -0.4 is 10.3 Å². The van der Waals surface area contributed by atoms with E-state index < -0.39 is 5.97 Å². The number of carbonyl (C=O) groups is 1. The lowest BCUT2D eigenvalue weighted by Gasteiger charge is -2.08. The minimum absolute atomic E-state index is 0.311. The van der Waals surface area contributed by atoms with Gasteiger partial charge < -0.3 is 9.47 Å². The number of hydrogen-bond donors (Lipinski definition) is 0. The van der Waals surface area contributed by atoms with Gasteiger partial charge in [-0.1, -0.05) is 47.7 Å². The molecule has 0 aliphatic heterocycles. The van der Waals surface area contributed by atoms with Crippen molar-refractivity contribution in [2.75, 3.05) is 0 Å². The molecule has 4 aromatic rings. The smallest absolute Gasteiger partial charge is 0.339 e. The van der Waals surface area contributed by atoms with E-state index in [2.05, 4.69) is 10.3 Å². The molecule has 0 fully saturated rings. The fourth-order valence-electron chi connectivity index (χ4n) is 2.73. The van der Waals surface area contributed by atoms with Crippen LogP contribution in [0.5, 0.6) is 5.75 Å². The highest BCUT2D eigenvalue weighted by molar-refractivity contribution is 5.89. The lowest BCUT2D eigenvalue weighted by atomic mass is 10.1. The number of ether oxygens (including phenoxy) is 2. The Hall–Kier alpha value is -4.00. The van der Waals surface area contributed by atoms with Gasteiger partial charge in [0.05, 0.1) is 10.9 Å². The van der Waals surface area contributed by atoms with E-state index in [1.807, 2.05) is 30.3 Å². The molecule has 0 aliphatic rings. The molecular formula is C22H17N3O4. The first kappa shape index (κ1) is 18.4. The normalized spacial score (nSPS) is 10.6. The number of aromatic nitrogens is 3. The monoisotopic (exact) mass is 387 g/mol. The van der Waals surface area contributed by atoms with Crippen LogP contribution >= 0.6 is 0 Å². The minimum Gasteiger partial charge on any atom is -0.489 e. The number of rotatable bonds is 6. The van der Waals surface area contributed by atoms with Crippen LogP contribution in [0.2, 0.25) is 0 Å². The molecule has 7 heteroatoms. The molecule has 0 atom stereocenters. The summed E-state index contributed by atoms with van der Waals surface area (Å²) in [6.07, 6.45) is 0. The quantitative estimate of drug-likeness (QED) is 0.473. The van der Waals surface area contributed by atoms with Gasteiger partial charge in [-0.25, -0.2) is 4.79 Å². The van der Waals surface area contributed by atoms with E-state index in [4.69, 9.17) is 9.47 Å². The van der Waals surface area contributed by atoms with E-state index in [1.165, 1.54) is 0 Å². The van der Waals surface area contributed by atoms with E-state index in [-0.39, 0.29) is 12.3 Å². The predicted molar refractivity (Wildman–Crippen MR) is 106 cm³/mol. The maximum absolute atomic E-state index is 12.4. The van der Waals surface area contributed by atoms with E-state index in [1.54, 1.807) is 48.5 Å². The van der Waals surface area contributed by atoms with Crippen molar-refractivity contribution in [1.29, 1.82) is 0 Å². The summed E-state index contributed by atoms with van der Waals surface area (Å²) < 4.78 is 11.9. The first-order chi connectivity index (χ1) is 14.2. The fourth-order valence-corrected chi connectivity index (χ4v) is 2.73. The van der Waals surface area contributed by atoms with Crippen molar-refractivity contribution in [3.05, 3.63) is 100 Å². The molecule has 4 rings (SSSR count). The first-order valence-corrected chi connectivity index (χ1v) is 8.97. The molecule has 0 saturated heterocycles. The summed E-state index contributed by atoms with van der Waals surface area (Å²) in [6, 6.07) is 23.2. The zero-order chi connectivity index (χ0) is 20.1. The highest BCUT2D eigenvalue weighted by Gasteiger charge is 2.10. The number of esters is 1. The molecule has 0 unspecified atom stereocenters. The standard InChI is InChI=1S/C22H17N3O4/c26-21-19-8-4-5-9-20(19)23-24-25(21)15-29-22(27)17-12-10-16(11-13-17)14-28-18-6-2-1-3-7-18/h1-13H,14-15H2. The molecule has 0 N–H and O–H groups in total. The van der Waals surface area contributed by atoms with Gasteiger partial charge in [0.1, 0.15) is 17.9 Å². The molecule has 0 saturated carbocycles. The van der Waals surface area contributed by atoms with Gasteiger partial charge in [-0.3, -0.25) is 4.79 Å². The summed E-state index contributed by atoms with van der Waals surface area (Å²) in [5.74, 6) is 0.223. The second kappa shape index (κ2) is 8.35. The van der Waals surface area contributed by atoms with Crippen molar-refractivity contribution in [2.24, 2.45) is 0 Å². The number of hydrogen-bond acceptors (Lipinski definition) is 6. The molecule has 1 aromatic heterocycles. The van der Waals surface area contributed by atoms with Gasteiger partial charge in [0.25, 0.3) is 5.56 Å². The van der Waals surface area contributed by atoms with Gasteiger partial charge in [-0.15, -0.1) is 5.10 Å². The van der Waals surface area contributed by atoms with Crippen LogP contribution in [-0.4, -0.2) is 21.0 Å². The third-order valence-corrected chi connectivity index (χ3v) is 4.29. The summed E-state index contributed by atoms with van der Waals surface area (Å²) in [6.45, 7) is 0.0792. The average molecular weight is 387 g/mol. The van der Waals surface area contributed by atoms with Gasteiger partial charge in [0.15, 0.2) is 6.73 Å². The second-order valence-corrected chi connectivity index (χ2v) is 6.27. The van der Waals surface area contributed by atoms with Crippen LogP contribution in [0.15, 0.2) is 83.7 Å². The summed E-state index contributed by atoms with van der Waals surface area (Å²) in [5, 5.41) is 8.18. The average Bonchev–Trinajstić information content (AvgIpc) is 2.78. The molecule has 1 heterocycles. The van der Waals surface area contributed by atoms with Crippen molar-refractivity contribution in [1.82, 2.24) is 15.0 Å². The Labute approximate surface area is 166 Å². The fraction of sp³-hybridized carbons (Fsp3) is 0.0909. The molecule has 0 aliphatic carbocycles. The summed E-state index contributed by atoms with van der Waals surface area (Å²) in [7, 11) is 0. The van der Waals surface area contributed by atoms with Gasteiger partial charge in [-0.2, -0.15) is 4.68 Å². The number of nitrogens with zero attached hydrogens (tertiary/aromatic N) is 3. The molecular weight excluding hydrogens is 370 g/mol. The lowest BCUT2D eigenvalue weighted by Crippen LogP contribution is -2.26. The van der Waals surface area contributed by atoms with Crippen molar-refractivity contribution in [3.63, 3.8) is 0 Å². The molecule has 0 amide bonds. The zero-order valence-corrected chi connectivity index (χ0v) is 15.4. The largest absolute Gasteiger partial charge is 0.489 e. The molecule has 0 bridgehead atoms. The zero-order valence-electron chi connectivity index (χ0n) is 15.4. The SMILES string of the molecule is O=C(OCn1nnc2ccccc2c1=O)c1ccc(COc2ccccc2)cc1. The molecule has 7 nitrogen and oxygen atoms in total. The van der Waals surface area contributed by atoms with Crippen LogP contribution in [0.3, 0.4) is 0 Å². The Bertz CT molecular complexity index is 1190. The number of carbonyl (C=O) groups excluding carboxylic acids is 1. The Balaban J connectivity index is 1.37. The Kier molecular flexibility index (Phi) is 5.29. The lowest BCUT2D eigenvalue weighted by molar-refractivity contribution is 0.0336. The van der Waals surface area contributed by atoms with Crippen LogP contribution in [0.25, 0.3) is 10.9 Å². The maximum atomic E-state index is 12.4. The van der Waals surface area contributed by atoms with E-state index in [0.717, 1.165) is 16.0 Å². The topological polar surface area (TPSA) is 83.3 Å². The summed E-state index contributed by atoms with van der Waals surface area (Å²) in [4.78, 5) is 24.6. The van der Waals surface area contributed by atoms with Gasteiger partial charge in [0, 0.05) is 0 Å². The maximum Gasteiger partial charge on any atom is 0.339 e. The summed E-state index contributed by atoms with van der Waals surface area (Å²) >= 11 is 0. The Morgan fingerprint density at radius 2 is 1.62 bits per heavy atom. The van der Waals surface area contributed by atoms with E-state index >= 15 is 0 Å². The first-order valence-electron chi connectivity index (χ1n) is 8.97. The number of fused-ring (bicyclic) bond motifs is 1. The van der Waals surface area contributed by atoms with E-state index in [0.29, 0.717) is 23.1 Å². The van der Waals surface area contributed by atoms with Gasteiger partial charge in [0.2, 0.25) is 0 Å². The molecule has 0 radical (unpaired) electrons. The number of para-hydroxylation sites is 1. The van der Waals surface area contributed by atoms with Gasteiger partial charge >= 0.3 is 5.97 Å². The van der Waals surface area contributed by atoms with Crippen LogP contribution in [0, 0.1) is 0 Å². The van der Waals surface area contributed by atoms with Crippen molar-refractivity contribution in [3.8, 4) is 5.75 Å². The van der Waals surface area contributed by atoms with Gasteiger partial charge in [-0.05, 0) is 42.0 Å². The highest BCUT2D eigenvalue weighted by Crippen LogP contribution is 2.13.